The first-order valence-electron chi connectivity index (χ1n) is 13.0. The van der Waals surface area contributed by atoms with Gasteiger partial charge < -0.3 is 14.8 Å². The van der Waals surface area contributed by atoms with E-state index in [4.69, 9.17) is 9.47 Å². The Bertz CT molecular complexity index is 1500. The molecule has 0 aliphatic rings. The van der Waals surface area contributed by atoms with Crippen LogP contribution in [0.25, 0.3) is 22.2 Å². The highest BCUT2D eigenvalue weighted by molar-refractivity contribution is 6.01. The quantitative estimate of drug-likeness (QED) is 0.263. The molecule has 0 unspecified atom stereocenters. The molecule has 2 N–H and O–H groups in total. The van der Waals surface area contributed by atoms with Gasteiger partial charge in [-0.3, -0.25) is 24.6 Å². The van der Waals surface area contributed by atoms with E-state index in [1.165, 1.54) is 20.3 Å². The van der Waals surface area contributed by atoms with E-state index in [2.05, 4.69) is 20.5 Å². The van der Waals surface area contributed by atoms with E-state index in [0.717, 1.165) is 27.9 Å². The molecule has 0 aliphatic carbocycles. The van der Waals surface area contributed by atoms with Crippen molar-refractivity contribution in [3.8, 4) is 17.0 Å². The van der Waals surface area contributed by atoms with E-state index >= 15 is 0 Å². The average molecular weight is 548 g/mol. The molecule has 4 aromatic rings. The van der Waals surface area contributed by atoms with Crippen molar-refractivity contribution in [1.29, 1.82) is 0 Å². The lowest BCUT2D eigenvalue weighted by Gasteiger charge is -2.27. The lowest BCUT2D eigenvalue weighted by Crippen LogP contribution is -2.41. The molecule has 0 bridgehead atoms. The Balaban J connectivity index is 1.43. The van der Waals surface area contributed by atoms with Crippen LogP contribution in [0.5, 0.6) is 5.75 Å². The van der Waals surface area contributed by atoms with Gasteiger partial charge in [-0.05, 0) is 76.2 Å². The van der Waals surface area contributed by atoms with Crippen LogP contribution < -0.4 is 10.1 Å². The second-order valence-electron chi connectivity index (χ2n) is 9.85. The van der Waals surface area contributed by atoms with Crippen LogP contribution in [-0.2, 0) is 16.1 Å². The lowest BCUT2D eigenvalue weighted by molar-refractivity contribution is -0.147. The molecule has 4 rings (SSSR count). The minimum absolute atomic E-state index is 0.153. The summed E-state index contributed by atoms with van der Waals surface area (Å²) in [4.78, 5) is 31.7. The van der Waals surface area contributed by atoms with Crippen molar-refractivity contribution >= 4 is 22.8 Å². The van der Waals surface area contributed by atoms with Gasteiger partial charge in [-0.15, -0.1) is 0 Å². The number of rotatable bonds is 11. The van der Waals surface area contributed by atoms with Gasteiger partial charge in [-0.25, -0.2) is 4.39 Å². The topological polar surface area (TPSA) is 109 Å². The second-order valence-corrected chi connectivity index (χ2v) is 9.85. The number of benzene rings is 2. The number of hydrogen-bond acceptors (Lipinski definition) is 7. The van der Waals surface area contributed by atoms with Gasteiger partial charge in [0.25, 0.3) is 5.91 Å². The summed E-state index contributed by atoms with van der Waals surface area (Å²) in [5.41, 5.74) is 4.22. The van der Waals surface area contributed by atoms with Crippen LogP contribution >= 0.6 is 0 Å². The molecule has 0 spiro atoms. The SMILES string of the molecule is COC(=O)[C@H](CC[C@H](C)NC(=O)c1ccc2[nH]nc(-c3ccnc(C)c3)c2c1)N(C)Cc1c(F)cccc1OC. The van der Waals surface area contributed by atoms with Crippen LogP contribution in [0.15, 0.2) is 54.7 Å². The molecule has 210 valence electrons. The molecular weight excluding hydrogens is 513 g/mol. The minimum atomic E-state index is -0.637. The van der Waals surface area contributed by atoms with E-state index in [9.17, 15) is 14.0 Å². The van der Waals surface area contributed by atoms with Crippen molar-refractivity contribution in [3.63, 3.8) is 0 Å². The summed E-state index contributed by atoms with van der Waals surface area (Å²) in [5, 5.41) is 11.3. The third-order valence-corrected chi connectivity index (χ3v) is 6.95. The monoisotopic (exact) mass is 547 g/mol. The first-order valence-corrected chi connectivity index (χ1v) is 13.0. The van der Waals surface area contributed by atoms with Gasteiger partial charge in [-0.1, -0.05) is 6.07 Å². The first-order chi connectivity index (χ1) is 19.2. The van der Waals surface area contributed by atoms with E-state index in [1.54, 1.807) is 36.3 Å². The fraction of sp³-hybridized carbons (Fsp3) is 0.333. The van der Waals surface area contributed by atoms with E-state index in [0.29, 0.717) is 29.7 Å². The Morgan fingerprint density at radius 3 is 2.65 bits per heavy atom. The predicted octanol–water partition coefficient (Wildman–Crippen LogP) is 4.65. The molecule has 9 nitrogen and oxygen atoms in total. The number of aromatic amines is 1. The molecule has 10 heteroatoms. The number of nitrogens with zero attached hydrogens (tertiary/aromatic N) is 3. The van der Waals surface area contributed by atoms with Gasteiger partial charge in [0.1, 0.15) is 23.3 Å². The Labute approximate surface area is 232 Å². The molecule has 2 aromatic heterocycles. The van der Waals surface area contributed by atoms with E-state index in [-0.39, 0.29) is 18.5 Å². The van der Waals surface area contributed by atoms with Gasteiger partial charge in [0.05, 0.1) is 19.7 Å². The number of aromatic nitrogens is 3. The molecule has 40 heavy (non-hydrogen) atoms. The number of amides is 1. The molecule has 2 heterocycles. The van der Waals surface area contributed by atoms with Gasteiger partial charge in [0, 0.05) is 46.6 Å². The number of halogens is 1. The summed E-state index contributed by atoms with van der Waals surface area (Å²) in [7, 11) is 4.54. The maximum Gasteiger partial charge on any atom is 0.323 e. The van der Waals surface area contributed by atoms with Gasteiger partial charge >= 0.3 is 5.97 Å². The van der Waals surface area contributed by atoms with Crippen LogP contribution in [0.1, 0.15) is 41.4 Å². The van der Waals surface area contributed by atoms with Crippen LogP contribution in [0.3, 0.4) is 0 Å². The fourth-order valence-corrected chi connectivity index (χ4v) is 4.75. The van der Waals surface area contributed by atoms with Crippen LogP contribution in [0, 0.1) is 12.7 Å². The third kappa shape index (κ3) is 6.45. The van der Waals surface area contributed by atoms with Crippen molar-refractivity contribution in [3.05, 3.63) is 77.4 Å². The molecule has 0 radical (unpaired) electrons. The maximum atomic E-state index is 14.5. The molecular formula is C30H34FN5O4. The van der Waals surface area contributed by atoms with E-state index in [1.807, 2.05) is 38.1 Å². The highest BCUT2D eigenvalue weighted by Gasteiger charge is 2.27. The van der Waals surface area contributed by atoms with Crippen LogP contribution in [-0.4, -0.2) is 65.3 Å². The number of fused-ring (bicyclic) bond motifs is 1. The van der Waals surface area contributed by atoms with E-state index < -0.39 is 17.8 Å². The van der Waals surface area contributed by atoms with Crippen LogP contribution in [0.2, 0.25) is 0 Å². The Morgan fingerprint density at radius 1 is 1.12 bits per heavy atom. The Morgan fingerprint density at radius 2 is 1.93 bits per heavy atom. The molecule has 0 aliphatic heterocycles. The number of H-pyrrole nitrogens is 1. The first kappa shape index (κ1) is 28.7. The number of aryl methyl sites for hydroxylation is 1. The summed E-state index contributed by atoms with van der Waals surface area (Å²) in [6.45, 7) is 3.95. The highest BCUT2D eigenvalue weighted by Crippen LogP contribution is 2.28. The largest absolute Gasteiger partial charge is 0.496 e. The van der Waals surface area contributed by atoms with Gasteiger partial charge in [-0.2, -0.15) is 5.10 Å². The summed E-state index contributed by atoms with van der Waals surface area (Å²) >= 11 is 0. The summed E-state index contributed by atoms with van der Waals surface area (Å²) in [6.07, 6.45) is 2.63. The molecule has 2 atom stereocenters. The number of nitrogens with one attached hydrogen (secondary N) is 2. The smallest absolute Gasteiger partial charge is 0.323 e. The number of carbonyl (C=O) groups is 2. The normalized spacial score (nSPS) is 12.8. The standard InChI is InChI=1S/C30H34FN5O4/c1-18(9-12-26(30(38)40-5)36(3)17-23-24(31)7-6-8-27(23)39-4)33-29(37)21-10-11-25-22(16-21)28(35-34-25)20-13-14-32-19(2)15-20/h6-8,10-11,13-16,18,26H,9,12,17H2,1-5H3,(H,33,37)(H,34,35)/t18-,26-/m0/s1. The fourth-order valence-electron chi connectivity index (χ4n) is 4.75. The molecule has 1 amide bonds. The van der Waals surface area contributed by atoms with Crippen LogP contribution in [0.4, 0.5) is 4.39 Å². The predicted molar refractivity (Wildman–Crippen MR) is 150 cm³/mol. The number of methoxy groups -OCH3 is 2. The van der Waals surface area contributed by atoms with Crippen molar-refractivity contribution in [2.45, 2.75) is 45.3 Å². The zero-order valence-corrected chi connectivity index (χ0v) is 23.3. The zero-order chi connectivity index (χ0) is 28.8. The second kappa shape index (κ2) is 12.7. The third-order valence-electron chi connectivity index (χ3n) is 6.95. The highest BCUT2D eigenvalue weighted by atomic mass is 19.1. The summed E-state index contributed by atoms with van der Waals surface area (Å²) in [6, 6.07) is 13.0. The summed E-state index contributed by atoms with van der Waals surface area (Å²) in [5.74, 6) is -0.660. The molecule has 0 saturated carbocycles. The zero-order valence-electron chi connectivity index (χ0n) is 23.3. The number of ether oxygens (including phenoxy) is 2. The van der Waals surface area contributed by atoms with Gasteiger partial charge in [0.15, 0.2) is 0 Å². The number of likely N-dealkylation sites (N-methyl/N-ethyl adjacent to an activating group) is 1. The minimum Gasteiger partial charge on any atom is -0.496 e. The molecule has 0 fully saturated rings. The number of hydrogen-bond donors (Lipinski definition) is 2. The number of carbonyl (C=O) groups excluding carboxylic acids is 2. The van der Waals surface area contributed by atoms with Crippen molar-refractivity contribution in [2.75, 3.05) is 21.3 Å². The van der Waals surface area contributed by atoms with Gasteiger partial charge in [0.2, 0.25) is 0 Å². The average Bonchev–Trinajstić information content (AvgIpc) is 3.37. The number of pyridine rings is 1. The molecule has 0 saturated heterocycles. The summed E-state index contributed by atoms with van der Waals surface area (Å²) < 4.78 is 24.8. The Hall–Kier alpha value is -4.31. The van der Waals surface area contributed by atoms with Crippen molar-refractivity contribution < 1.29 is 23.5 Å². The molecule has 2 aromatic carbocycles. The number of esters is 1. The maximum absolute atomic E-state index is 14.5. The Kier molecular flexibility index (Phi) is 9.11. The van der Waals surface area contributed by atoms with Crippen molar-refractivity contribution in [2.24, 2.45) is 0 Å². The lowest BCUT2D eigenvalue weighted by atomic mass is 10.0. The van der Waals surface area contributed by atoms with Crippen molar-refractivity contribution in [1.82, 2.24) is 25.4 Å².